The Morgan fingerprint density at radius 2 is 1.85 bits per heavy atom. The zero-order valence-electron chi connectivity index (χ0n) is 8.76. The highest BCUT2D eigenvalue weighted by molar-refractivity contribution is 5.93. The molecule has 0 aromatic carbocycles. The van der Waals surface area contributed by atoms with Crippen LogP contribution in [0.3, 0.4) is 0 Å². The highest BCUT2D eigenvalue weighted by atomic mass is 16.5. The molecule has 0 atom stereocenters. The summed E-state index contributed by atoms with van der Waals surface area (Å²) in [5.74, 6) is -0.560. The molecule has 0 aliphatic heterocycles. The van der Waals surface area contributed by atoms with Gasteiger partial charge in [-0.15, -0.1) is 0 Å². The van der Waals surface area contributed by atoms with Crippen LogP contribution in [0.4, 0.5) is 0 Å². The number of esters is 1. The van der Waals surface area contributed by atoms with Crippen molar-refractivity contribution in [2.24, 2.45) is 5.41 Å². The number of methoxy groups -OCH3 is 1. The zero-order valence-corrected chi connectivity index (χ0v) is 8.76. The van der Waals surface area contributed by atoms with Crippen molar-refractivity contribution in [2.45, 2.75) is 27.7 Å². The summed E-state index contributed by atoms with van der Waals surface area (Å²) in [6.45, 7) is 7.61. The summed E-state index contributed by atoms with van der Waals surface area (Å²) in [4.78, 5) is 11.1. The van der Waals surface area contributed by atoms with Gasteiger partial charge in [0.25, 0.3) is 0 Å². The Morgan fingerprint density at radius 1 is 1.38 bits per heavy atom. The Balaban J connectivity index is 5.18. The highest BCUT2D eigenvalue weighted by Crippen LogP contribution is 2.27. The van der Waals surface area contributed by atoms with Crippen LogP contribution < -0.4 is 0 Å². The summed E-state index contributed by atoms with van der Waals surface area (Å²) < 4.78 is 4.50. The maximum absolute atomic E-state index is 11.1. The average Bonchev–Trinajstić information content (AvgIpc) is 2.03. The molecule has 0 aliphatic carbocycles. The number of nitrogens with zero attached hydrogens (tertiary/aromatic N) is 1. The van der Waals surface area contributed by atoms with Gasteiger partial charge < -0.3 is 4.74 Å². The molecule has 0 aromatic heterocycles. The molecule has 3 nitrogen and oxygen atoms in total. The molecule has 0 heterocycles. The third-order valence-corrected chi connectivity index (χ3v) is 2.00. The van der Waals surface area contributed by atoms with E-state index in [0.717, 1.165) is 5.57 Å². The maximum Gasteiger partial charge on any atom is 0.348 e. The third kappa shape index (κ3) is 2.90. The first-order chi connectivity index (χ1) is 5.84. The number of carbonyl (C=O) groups excluding carboxylic acids is 1. The zero-order chi connectivity index (χ0) is 10.6. The number of rotatable bonds is 1. The van der Waals surface area contributed by atoms with E-state index in [1.807, 2.05) is 26.8 Å². The molecule has 0 spiro atoms. The van der Waals surface area contributed by atoms with Crippen molar-refractivity contribution in [3.8, 4) is 6.07 Å². The van der Waals surface area contributed by atoms with Gasteiger partial charge in [-0.3, -0.25) is 0 Å². The van der Waals surface area contributed by atoms with Gasteiger partial charge >= 0.3 is 5.97 Å². The van der Waals surface area contributed by atoms with Crippen LogP contribution in [0, 0.1) is 16.7 Å². The van der Waals surface area contributed by atoms with E-state index in [-0.39, 0.29) is 11.0 Å². The van der Waals surface area contributed by atoms with Crippen molar-refractivity contribution in [3.05, 3.63) is 11.1 Å². The summed E-state index contributed by atoms with van der Waals surface area (Å²) in [7, 11) is 1.27. The maximum atomic E-state index is 11.1. The Labute approximate surface area is 79.0 Å². The number of ether oxygens (including phenoxy) is 1. The Kier molecular flexibility index (Phi) is 3.68. The molecule has 0 aliphatic rings. The first-order valence-corrected chi connectivity index (χ1v) is 4.04. The minimum absolute atomic E-state index is 0.106. The van der Waals surface area contributed by atoms with Crippen molar-refractivity contribution >= 4 is 5.97 Å². The number of hydrogen-bond donors (Lipinski definition) is 0. The van der Waals surface area contributed by atoms with Gasteiger partial charge in [0.2, 0.25) is 0 Å². The molecule has 0 fully saturated rings. The molecular formula is C10H15NO2. The number of hydrogen-bond acceptors (Lipinski definition) is 3. The first-order valence-electron chi connectivity index (χ1n) is 4.04. The second kappa shape index (κ2) is 4.08. The lowest BCUT2D eigenvalue weighted by molar-refractivity contribution is -0.135. The minimum Gasteiger partial charge on any atom is -0.465 e. The van der Waals surface area contributed by atoms with Crippen LogP contribution in [0.25, 0.3) is 0 Å². The molecule has 0 radical (unpaired) electrons. The van der Waals surface area contributed by atoms with Gasteiger partial charge in [0.05, 0.1) is 7.11 Å². The van der Waals surface area contributed by atoms with E-state index in [1.165, 1.54) is 7.11 Å². The second-order valence-electron chi connectivity index (χ2n) is 3.85. The van der Waals surface area contributed by atoms with Crippen LogP contribution in [0.2, 0.25) is 0 Å². The SMILES string of the molecule is COC(=O)/C(C#N)=C(/C)C(C)(C)C. The molecule has 0 aromatic rings. The fourth-order valence-corrected chi connectivity index (χ4v) is 0.760. The molecule has 0 amide bonds. The van der Waals surface area contributed by atoms with Gasteiger partial charge in [0.1, 0.15) is 11.6 Å². The number of nitriles is 1. The molecule has 72 valence electrons. The predicted octanol–water partition coefficient (Wildman–Crippen LogP) is 2.05. The van der Waals surface area contributed by atoms with Gasteiger partial charge in [-0.1, -0.05) is 20.8 Å². The number of allylic oxidation sites excluding steroid dienone is 1. The Bertz CT molecular complexity index is 276. The van der Waals surface area contributed by atoms with E-state index in [4.69, 9.17) is 5.26 Å². The molecule has 13 heavy (non-hydrogen) atoms. The molecule has 3 heteroatoms. The molecule has 0 unspecified atom stereocenters. The summed E-state index contributed by atoms with van der Waals surface area (Å²) in [5, 5.41) is 8.75. The molecule has 0 bridgehead atoms. The van der Waals surface area contributed by atoms with E-state index < -0.39 is 5.97 Å². The fourth-order valence-electron chi connectivity index (χ4n) is 0.760. The van der Waals surface area contributed by atoms with E-state index in [1.54, 1.807) is 6.92 Å². The van der Waals surface area contributed by atoms with E-state index in [0.29, 0.717) is 0 Å². The van der Waals surface area contributed by atoms with Gasteiger partial charge in [-0.05, 0) is 17.9 Å². The minimum atomic E-state index is -0.560. The Hall–Kier alpha value is -1.30. The molecule has 0 rings (SSSR count). The van der Waals surface area contributed by atoms with Crippen molar-refractivity contribution < 1.29 is 9.53 Å². The normalized spacial score (nSPS) is 12.9. The topological polar surface area (TPSA) is 50.1 Å². The molecule has 0 N–H and O–H groups in total. The summed E-state index contributed by atoms with van der Waals surface area (Å²) >= 11 is 0. The third-order valence-electron chi connectivity index (χ3n) is 2.00. The van der Waals surface area contributed by atoms with Crippen LogP contribution >= 0.6 is 0 Å². The predicted molar refractivity (Wildman–Crippen MR) is 49.8 cm³/mol. The standard InChI is InChI=1S/C10H15NO2/c1-7(10(2,3)4)8(6-11)9(12)13-5/h1-5H3/b8-7-. The highest BCUT2D eigenvalue weighted by Gasteiger charge is 2.21. The van der Waals surface area contributed by atoms with Gasteiger partial charge in [0, 0.05) is 0 Å². The summed E-state index contributed by atoms with van der Waals surface area (Å²) in [6.07, 6.45) is 0. The number of carbonyl (C=O) groups is 1. The monoisotopic (exact) mass is 181 g/mol. The van der Waals surface area contributed by atoms with Gasteiger partial charge in [-0.25, -0.2) is 4.79 Å². The lowest BCUT2D eigenvalue weighted by atomic mass is 9.85. The average molecular weight is 181 g/mol. The van der Waals surface area contributed by atoms with Gasteiger partial charge in [-0.2, -0.15) is 5.26 Å². The second-order valence-corrected chi connectivity index (χ2v) is 3.85. The summed E-state index contributed by atoms with van der Waals surface area (Å²) in [6, 6.07) is 1.86. The van der Waals surface area contributed by atoms with E-state index in [9.17, 15) is 4.79 Å². The summed E-state index contributed by atoms with van der Waals surface area (Å²) in [5.41, 5.74) is 0.677. The van der Waals surface area contributed by atoms with Crippen molar-refractivity contribution in [2.75, 3.05) is 7.11 Å². The van der Waals surface area contributed by atoms with Crippen LogP contribution in [-0.4, -0.2) is 13.1 Å². The lowest BCUT2D eigenvalue weighted by Crippen LogP contribution is -2.14. The van der Waals surface area contributed by atoms with Crippen molar-refractivity contribution in [3.63, 3.8) is 0 Å². The molecular weight excluding hydrogens is 166 g/mol. The van der Waals surface area contributed by atoms with Gasteiger partial charge in [0.15, 0.2) is 0 Å². The molecule has 0 saturated heterocycles. The van der Waals surface area contributed by atoms with Crippen LogP contribution in [0.1, 0.15) is 27.7 Å². The quantitative estimate of drug-likeness (QED) is 0.353. The van der Waals surface area contributed by atoms with E-state index in [2.05, 4.69) is 4.74 Å². The molecule has 0 saturated carbocycles. The van der Waals surface area contributed by atoms with Crippen LogP contribution in [0.5, 0.6) is 0 Å². The Morgan fingerprint density at radius 3 is 2.08 bits per heavy atom. The van der Waals surface area contributed by atoms with E-state index >= 15 is 0 Å². The largest absolute Gasteiger partial charge is 0.465 e. The first kappa shape index (κ1) is 11.7. The van der Waals surface area contributed by atoms with Crippen LogP contribution in [0.15, 0.2) is 11.1 Å². The fraction of sp³-hybridized carbons (Fsp3) is 0.600. The van der Waals surface area contributed by atoms with Crippen molar-refractivity contribution in [1.82, 2.24) is 0 Å². The van der Waals surface area contributed by atoms with Crippen molar-refractivity contribution in [1.29, 1.82) is 5.26 Å². The van der Waals surface area contributed by atoms with Crippen LogP contribution in [-0.2, 0) is 9.53 Å². The smallest absolute Gasteiger partial charge is 0.348 e. The lowest BCUT2D eigenvalue weighted by Gasteiger charge is -2.20.